The summed E-state index contributed by atoms with van der Waals surface area (Å²) in [5.74, 6) is 0.758. The summed E-state index contributed by atoms with van der Waals surface area (Å²) in [6, 6.07) is 0. The van der Waals surface area contributed by atoms with Gasteiger partial charge >= 0.3 is 0 Å². The number of hydrogen-bond acceptors (Lipinski definition) is 2. The van der Waals surface area contributed by atoms with Gasteiger partial charge in [-0.05, 0) is 56.7 Å². The average Bonchev–Trinajstić information content (AvgIpc) is 2.80. The van der Waals surface area contributed by atoms with Crippen molar-refractivity contribution >= 4 is 0 Å². The van der Waals surface area contributed by atoms with Crippen LogP contribution in [0.2, 0.25) is 0 Å². The van der Waals surface area contributed by atoms with E-state index in [4.69, 9.17) is 0 Å². The van der Waals surface area contributed by atoms with Gasteiger partial charge in [-0.15, -0.1) is 0 Å². The SMILES string of the molecule is CCC(CC)(CNCC(C)C)CN1CCCC1. The highest BCUT2D eigenvalue weighted by Crippen LogP contribution is 2.28. The number of rotatable bonds is 8. The zero-order valence-corrected chi connectivity index (χ0v) is 12.4. The van der Waals surface area contributed by atoms with Crippen LogP contribution in [0.4, 0.5) is 0 Å². The Balaban J connectivity index is 2.42. The molecular formula is C15H32N2. The van der Waals surface area contributed by atoms with E-state index >= 15 is 0 Å². The maximum atomic E-state index is 3.67. The first kappa shape index (κ1) is 15.0. The molecule has 1 heterocycles. The van der Waals surface area contributed by atoms with Gasteiger partial charge in [0, 0.05) is 13.1 Å². The van der Waals surface area contributed by atoms with E-state index in [0.717, 1.165) is 12.5 Å². The van der Waals surface area contributed by atoms with E-state index in [2.05, 4.69) is 37.9 Å². The fourth-order valence-electron chi connectivity index (χ4n) is 2.82. The Kier molecular flexibility index (Phi) is 6.50. The lowest BCUT2D eigenvalue weighted by Crippen LogP contribution is -2.43. The van der Waals surface area contributed by atoms with Gasteiger partial charge in [-0.1, -0.05) is 27.7 Å². The normalized spacial score (nSPS) is 18.2. The van der Waals surface area contributed by atoms with E-state index in [1.54, 1.807) is 0 Å². The molecule has 1 saturated heterocycles. The van der Waals surface area contributed by atoms with Crippen LogP contribution in [-0.4, -0.2) is 37.6 Å². The van der Waals surface area contributed by atoms with Gasteiger partial charge in [0.25, 0.3) is 0 Å². The first-order valence-electron chi connectivity index (χ1n) is 7.55. The topological polar surface area (TPSA) is 15.3 Å². The number of nitrogens with zero attached hydrogens (tertiary/aromatic N) is 1. The molecule has 0 bridgehead atoms. The van der Waals surface area contributed by atoms with Crippen LogP contribution in [0, 0.1) is 11.3 Å². The van der Waals surface area contributed by atoms with E-state index in [1.165, 1.54) is 51.9 Å². The molecule has 0 aromatic heterocycles. The molecule has 102 valence electrons. The second-order valence-corrected chi connectivity index (χ2v) is 6.22. The lowest BCUT2D eigenvalue weighted by molar-refractivity contribution is 0.153. The zero-order chi connectivity index (χ0) is 12.7. The average molecular weight is 240 g/mol. The second kappa shape index (κ2) is 7.38. The molecule has 2 nitrogen and oxygen atoms in total. The Hall–Kier alpha value is -0.0800. The molecule has 0 atom stereocenters. The van der Waals surface area contributed by atoms with Crippen LogP contribution < -0.4 is 5.32 Å². The van der Waals surface area contributed by atoms with Gasteiger partial charge in [0.15, 0.2) is 0 Å². The smallest absolute Gasteiger partial charge is 0.00499 e. The van der Waals surface area contributed by atoms with Crippen LogP contribution in [0.15, 0.2) is 0 Å². The van der Waals surface area contributed by atoms with E-state index in [1.807, 2.05) is 0 Å². The van der Waals surface area contributed by atoms with Crippen LogP contribution in [0.3, 0.4) is 0 Å². The third-order valence-electron chi connectivity index (χ3n) is 4.31. The highest BCUT2D eigenvalue weighted by atomic mass is 15.1. The molecule has 1 fully saturated rings. The van der Waals surface area contributed by atoms with E-state index in [-0.39, 0.29) is 0 Å². The van der Waals surface area contributed by atoms with Crippen molar-refractivity contribution < 1.29 is 0 Å². The third kappa shape index (κ3) is 4.97. The molecule has 0 aromatic carbocycles. The summed E-state index contributed by atoms with van der Waals surface area (Å²) in [5.41, 5.74) is 0.499. The molecule has 0 saturated carbocycles. The lowest BCUT2D eigenvalue weighted by atomic mass is 9.81. The third-order valence-corrected chi connectivity index (χ3v) is 4.31. The molecule has 1 N–H and O–H groups in total. The van der Waals surface area contributed by atoms with Gasteiger partial charge in [0.05, 0.1) is 0 Å². The standard InChI is InChI=1S/C15H32N2/c1-5-15(6-2,12-16-11-14(3)4)13-17-9-7-8-10-17/h14,16H,5-13H2,1-4H3. The molecular weight excluding hydrogens is 208 g/mol. The number of hydrogen-bond donors (Lipinski definition) is 1. The first-order valence-corrected chi connectivity index (χ1v) is 7.55. The Labute approximate surface area is 108 Å². The fraction of sp³-hybridized carbons (Fsp3) is 1.00. The first-order chi connectivity index (χ1) is 8.12. The van der Waals surface area contributed by atoms with Gasteiger partial charge in [0.2, 0.25) is 0 Å². The maximum absolute atomic E-state index is 3.67. The van der Waals surface area contributed by atoms with Gasteiger partial charge in [-0.3, -0.25) is 0 Å². The Morgan fingerprint density at radius 1 is 1.12 bits per heavy atom. The Morgan fingerprint density at radius 2 is 1.71 bits per heavy atom. The highest BCUT2D eigenvalue weighted by molar-refractivity contribution is 4.84. The summed E-state index contributed by atoms with van der Waals surface area (Å²) < 4.78 is 0. The van der Waals surface area contributed by atoms with Crippen LogP contribution in [-0.2, 0) is 0 Å². The summed E-state index contributed by atoms with van der Waals surface area (Å²) in [7, 11) is 0. The summed E-state index contributed by atoms with van der Waals surface area (Å²) in [6.45, 7) is 15.6. The monoisotopic (exact) mass is 240 g/mol. The van der Waals surface area contributed by atoms with Crippen LogP contribution >= 0.6 is 0 Å². The van der Waals surface area contributed by atoms with Crippen molar-refractivity contribution in [2.75, 3.05) is 32.7 Å². The summed E-state index contributed by atoms with van der Waals surface area (Å²) in [5, 5.41) is 3.67. The molecule has 1 aliphatic rings. The van der Waals surface area contributed by atoms with Crippen molar-refractivity contribution in [2.45, 2.75) is 53.4 Å². The van der Waals surface area contributed by atoms with Crippen LogP contribution in [0.25, 0.3) is 0 Å². The molecule has 17 heavy (non-hydrogen) atoms. The number of nitrogens with one attached hydrogen (secondary N) is 1. The molecule has 0 radical (unpaired) electrons. The van der Waals surface area contributed by atoms with Crippen molar-refractivity contribution in [2.24, 2.45) is 11.3 Å². The molecule has 1 aliphatic heterocycles. The summed E-state index contributed by atoms with van der Waals surface area (Å²) >= 11 is 0. The van der Waals surface area contributed by atoms with Gasteiger partial charge in [0.1, 0.15) is 0 Å². The quantitative estimate of drug-likeness (QED) is 0.701. The maximum Gasteiger partial charge on any atom is 0.00499 e. The molecule has 1 rings (SSSR count). The summed E-state index contributed by atoms with van der Waals surface area (Å²) in [6.07, 6.45) is 5.40. The van der Waals surface area contributed by atoms with E-state index < -0.39 is 0 Å². The van der Waals surface area contributed by atoms with Crippen molar-refractivity contribution in [1.29, 1.82) is 0 Å². The molecule has 2 heteroatoms. The predicted octanol–water partition coefficient (Wildman–Crippen LogP) is 3.13. The van der Waals surface area contributed by atoms with Crippen molar-refractivity contribution in [3.05, 3.63) is 0 Å². The van der Waals surface area contributed by atoms with E-state index in [0.29, 0.717) is 5.41 Å². The van der Waals surface area contributed by atoms with Crippen molar-refractivity contribution in [3.8, 4) is 0 Å². The minimum atomic E-state index is 0.499. The van der Waals surface area contributed by atoms with Gasteiger partial charge < -0.3 is 10.2 Å². The van der Waals surface area contributed by atoms with Gasteiger partial charge in [-0.25, -0.2) is 0 Å². The Morgan fingerprint density at radius 3 is 2.18 bits per heavy atom. The van der Waals surface area contributed by atoms with Crippen molar-refractivity contribution in [3.63, 3.8) is 0 Å². The van der Waals surface area contributed by atoms with Gasteiger partial charge in [-0.2, -0.15) is 0 Å². The lowest BCUT2D eigenvalue weighted by Gasteiger charge is -2.36. The minimum Gasteiger partial charge on any atom is -0.316 e. The Bertz CT molecular complexity index is 191. The second-order valence-electron chi connectivity index (χ2n) is 6.22. The number of likely N-dealkylation sites (tertiary alicyclic amines) is 1. The molecule has 0 unspecified atom stereocenters. The van der Waals surface area contributed by atoms with Crippen LogP contribution in [0.5, 0.6) is 0 Å². The largest absolute Gasteiger partial charge is 0.316 e. The molecule has 0 amide bonds. The zero-order valence-electron chi connectivity index (χ0n) is 12.4. The van der Waals surface area contributed by atoms with E-state index in [9.17, 15) is 0 Å². The minimum absolute atomic E-state index is 0.499. The fourth-order valence-corrected chi connectivity index (χ4v) is 2.82. The molecule has 0 aromatic rings. The molecule has 0 spiro atoms. The predicted molar refractivity (Wildman–Crippen MR) is 76.4 cm³/mol. The highest BCUT2D eigenvalue weighted by Gasteiger charge is 2.29. The molecule has 0 aliphatic carbocycles. The van der Waals surface area contributed by atoms with Crippen LogP contribution in [0.1, 0.15) is 53.4 Å². The van der Waals surface area contributed by atoms with Crippen molar-refractivity contribution in [1.82, 2.24) is 10.2 Å². The summed E-state index contributed by atoms with van der Waals surface area (Å²) in [4.78, 5) is 2.67.